The smallest absolute Gasteiger partial charge is 0.257 e. The quantitative estimate of drug-likeness (QED) is 0.802. The van der Waals surface area contributed by atoms with Crippen molar-refractivity contribution >= 4 is 28.3 Å². The minimum atomic E-state index is -0.348. The predicted octanol–water partition coefficient (Wildman–Crippen LogP) is 3.40. The molecule has 0 unspecified atom stereocenters. The van der Waals surface area contributed by atoms with Crippen LogP contribution in [0, 0.1) is 12.7 Å². The Balaban J connectivity index is 1.88. The number of anilines is 2. The van der Waals surface area contributed by atoms with Gasteiger partial charge in [0.2, 0.25) is 0 Å². The third-order valence-electron chi connectivity index (χ3n) is 3.68. The highest BCUT2D eigenvalue weighted by Crippen LogP contribution is 2.19. The minimum absolute atomic E-state index is 0.273. The molecule has 3 rings (SSSR count). The lowest BCUT2D eigenvalue weighted by molar-refractivity contribution is 0.102. The molecular weight excluding hydrogens is 307 g/mol. The van der Waals surface area contributed by atoms with E-state index in [0.29, 0.717) is 27.8 Å². The number of fused-ring (bicyclic) bond motifs is 1. The summed E-state index contributed by atoms with van der Waals surface area (Å²) >= 11 is 0. The molecule has 0 radical (unpaired) electrons. The zero-order valence-electron chi connectivity index (χ0n) is 13.7. The zero-order chi connectivity index (χ0) is 17.3. The summed E-state index contributed by atoms with van der Waals surface area (Å²) in [6, 6.07) is 9.65. The van der Waals surface area contributed by atoms with Gasteiger partial charge in [-0.25, -0.2) is 9.37 Å². The van der Waals surface area contributed by atoms with E-state index in [1.807, 2.05) is 25.1 Å². The number of benzene rings is 1. The van der Waals surface area contributed by atoms with Gasteiger partial charge in [0.1, 0.15) is 11.6 Å². The summed E-state index contributed by atoms with van der Waals surface area (Å²) in [5, 5.41) is 3.52. The van der Waals surface area contributed by atoms with Gasteiger partial charge in [0.05, 0.1) is 28.7 Å². The van der Waals surface area contributed by atoms with Crippen molar-refractivity contribution in [2.75, 3.05) is 24.3 Å². The Kier molecular flexibility index (Phi) is 4.12. The molecule has 0 aliphatic heterocycles. The Morgan fingerprint density at radius 1 is 1.17 bits per heavy atom. The largest absolute Gasteiger partial charge is 0.363 e. The number of halogens is 1. The predicted molar refractivity (Wildman–Crippen MR) is 93.0 cm³/mol. The zero-order valence-corrected chi connectivity index (χ0v) is 13.7. The van der Waals surface area contributed by atoms with E-state index in [2.05, 4.69) is 15.3 Å². The maximum absolute atomic E-state index is 13.3. The number of nitrogens with one attached hydrogen (secondary N) is 1. The number of hydrogen-bond donors (Lipinski definition) is 1. The second kappa shape index (κ2) is 6.23. The number of amides is 1. The Morgan fingerprint density at radius 2 is 1.96 bits per heavy atom. The molecule has 2 heterocycles. The standard InChI is InChI=1S/C18H17FN4O/c1-11-15(8-12-4-5-13(19)9-16(12)21-11)18(24)22-14-6-7-17(20-10-14)23(2)3/h4-10H,1-3H3,(H,22,24). The van der Waals surface area contributed by atoms with Crippen LogP contribution in [0.1, 0.15) is 16.1 Å². The van der Waals surface area contributed by atoms with Gasteiger partial charge in [-0.2, -0.15) is 0 Å². The molecular formula is C18H17FN4O. The number of nitrogens with zero attached hydrogens (tertiary/aromatic N) is 3. The molecule has 0 aliphatic rings. The molecule has 3 aromatic rings. The molecule has 2 aromatic heterocycles. The molecule has 0 aliphatic carbocycles. The van der Waals surface area contributed by atoms with Gasteiger partial charge in [-0.15, -0.1) is 0 Å². The molecule has 0 bridgehead atoms. The normalized spacial score (nSPS) is 10.7. The average Bonchev–Trinajstić information content (AvgIpc) is 2.54. The van der Waals surface area contributed by atoms with Crippen LogP contribution < -0.4 is 10.2 Å². The number of aromatic nitrogens is 2. The Morgan fingerprint density at radius 3 is 2.62 bits per heavy atom. The van der Waals surface area contributed by atoms with Crippen molar-refractivity contribution in [2.24, 2.45) is 0 Å². The van der Waals surface area contributed by atoms with E-state index in [0.717, 1.165) is 5.82 Å². The van der Waals surface area contributed by atoms with Crippen LogP contribution in [0.5, 0.6) is 0 Å². The van der Waals surface area contributed by atoms with Crippen molar-refractivity contribution in [2.45, 2.75) is 6.92 Å². The van der Waals surface area contributed by atoms with Gasteiger partial charge in [-0.05, 0) is 37.3 Å². The van der Waals surface area contributed by atoms with Crippen LogP contribution in [-0.2, 0) is 0 Å². The molecule has 0 atom stereocenters. The topological polar surface area (TPSA) is 58.1 Å². The summed E-state index contributed by atoms with van der Waals surface area (Å²) in [4.78, 5) is 23.0. The van der Waals surface area contributed by atoms with Crippen molar-refractivity contribution in [3.05, 3.63) is 59.7 Å². The van der Waals surface area contributed by atoms with E-state index < -0.39 is 0 Å². The highest BCUT2D eigenvalue weighted by Gasteiger charge is 2.13. The fourth-order valence-corrected chi connectivity index (χ4v) is 2.39. The number of carbonyl (C=O) groups excluding carboxylic acids is 1. The van der Waals surface area contributed by atoms with Crippen molar-refractivity contribution in [3.8, 4) is 0 Å². The molecule has 1 amide bonds. The maximum Gasteiger partial charge on any atom is 0.257 e. The van der Waals surface area contributed by atoms with E-state index in [1.54, 1.807) is 31.3 Å². The number of rotatable bonds is 3. The van der Waals surface area contributed by atoms with Crippen molar-refractivity contribution < 1.29 is 9.18 Å². The fourth-order valence-electron chi connectivity index (χ4n) is 2.39. The average molecular weight is 324 g/mol. The second-order valence-corrected chi connectivity index (χ2v) is 5.71. The van der Waals surface area contributed by atoms with E-state index in [1.165, 1.54) is 12.1 Å². The molecule has 24 heavy (non-hydrogen) atoms. The Hall–Kier alpha value is -3.02. The van der Waals surface area contributed by atoms with Crippen LogP contribution in [0.2, 0.25) is 0 Å². The summed E-state index contributed by atoms with van der Waals surface area (Å²) in [5.74, 6) is 0.183. The van der Waals surface area contributed by atoms with Gasteiger partial charge in [0.15, 0.2) is 0 Å². The summed E-state index contributed by atoms with van der Waals surface area (Å²) in [6.07, 6.45) is 1.60. The molecule has 1 N–H and O–H groups in total. The fraction of sp³-hybridized carbons (Fsp3) is 0.167. The summed E-state index contributed by atoms with van der Waals surface area (Å²) in [7, 11) is 3.79. The third kappa shape index (κ3) is 3.17. The summed E-state index contributed by atoms with van der Waals surface area (Å²) < 4.78 is 13.3. The lowest BCUT2D eigenvalue weighted by atomic mass is 10.1. The van der Waals surface area contributed by atoms with Crippen molar-refractivity contribution in [1.82, 2.24) is 9.97 Å². The Labute approximate surface area is 139 Å². The highest BCUT2D eigenvalue weighted by molar-refractivity contribution is 6.06. The third-order valence-corrected chi connectivity index (χ3v) is 3.68. The molecule has 5 nitrogen and oxygen atoms in total. The first kappa shape index (κ1) is 15.9. The molecule has 0 spiro atoms. The van der Waals surface area contributed by atoms with Gasteiger partial charge >= 0.3 is 0 Å². The van der Waals surface area contributed by atoms with Crippen molar-refractivity contribution in [3.63, 3.8) is 0 Å². The molecule has 122 valence electrons. The molecule has 6 heteroatoms. The van der Waals surface area contributed by atoms with Crippen LogP contribution in [0.4, 0.5) is 15.9 Å². The van der Waals surface area contributed by atoms with E-state index >= 15 is 0 Å². The number of aryl methyl sites for hydroxylation is 1. The van der Waals surface area contributed by atoms with E-state index in [-0.39, 0.29) is 11.7 Å². The monoisotopic (exact) mass is 324 g/mol. The lowest BCUT2D eigenvalue weighted by Crippen LogP contribution is -2.15. The first-order valence-electron chi connectivity index (χ1n) is 7.45. The van der Waals surface area contributed by atoms with Crippen LogP contribution in [0.15, 0.2) is 42.6 Å². The van der Waals surface area contributed by atoms with Crippen LogP contribution in [-0.4, -0.2) is 30.0 Å². The SMILES string of the molecule is Cc1nc2cc(F)ccc2cc1C(=O)Nc1ccc(N(C)C)nc1. The lowest BCUT2D eigenvalue weighted by Gasteiger charge is -2.12. The Bertz CT molecular complexity index is 907. The van der Waals surface area contributed by atoms with E-state index in [4.69, 9.17) is 0 Å². The molecule has 0 saturated carbocycles. The van der Waals surface area contributed by atoms with Gasteiger partial charge < -0.3 is 10.2 Å². The van der Waals surface area contributed by atoms with Crippen LogP contribution in [0.25, 0.3) is 10.9 Å². The van der Waals surface area contributed by atoms with Gasteiger partial charge in [0, 0.05) is 25.5 Å². The molecule has 1 aromatic carbocycles. The highest BCUT2D eigenvalue weighted by atomic mass is 19.1. The summed E-state index contributed by atoms with van der Waals surface area (Å²) in [6.45, 7) is 1.73. The number of pyridine rings is 2. The van der Waals surface area contributed by atoms with Gasteiger partial charge in [-0.3, -0.25) is 9.78 Å². The molecule has 0 saturated heterocycles. The van der Waals surface area contributed by atoms with Gasteiger partial charge in [0.25, 0.3) is 5.91 Å². The second-order valence-electron chi connectivity index (χ2n) is 5.71. The first-order valence-corrected chi connectivity index (χ1v) is 7.45. The van der Waals surface area contributed by atoms with Crippen LogP contribution in [0.3, 0.4) is 0 Å². The summed E-state index contributed by atoms with van der Waals surface area (Å²) in [5.41, 5.74) is 2.12. The maximum atomic E-state index is 13.3. The van der Waals surface area contributed by atoms with Crippen molar-refractivity contribution in [1.29, 1.82) is 0 Å². The van der Waals surface area contributed by atoms with E-state index in [9.17, 15) is 9.18 Å². The van der Waals surface area contributed by atoms with Crippen LogP contribution >= 0.6 is 0 Å². The minimum Gasteiger partial charge on any atom is -0.363 e. The molecule has 0 fully saturated rings. The number of carbonyl (C=O) groups is 1. The number of hydrogen-bond acceptors (Lipinski definition) is 4. The van der Waals surface area contributed by atoms with Gasteiger partial charge in [-0.1, -0.05) is 0 Å². The first-order chi connectivity index (χ1) is 11.4.